The van der Waals surface area contributed by atoms with Crippen molar-refractivity contribution in [1.29, 1.82) is 0 Å². The number of nitrogen functional groups attached to an aromatic ring is 1. The minimum atomic E-state index is -1.04. The molecule has 1 aliphatic carbocycles. The summed E-state index contributed by atoms with van der Waals surface area (Å²) < 4.78 is 0. The number of hydrogen-bond donors (Lipinski definition) is 4. The van der Waals surface area contributed by atoms with E-state index in [1.54, 1.807) is 24.3 Å². The lowest BCUT2D eigenvalue weighted by atomic mass is 10.0. The van der Waals surface area contributed by atoms with E-state index >= 15 is 0 Å². The first kappa shape index (κ1) is 11.4. The van der Waals surface area contributed by atoms with Crippen LogP contribution in [0.1, 0.15) is 28.8 Å². The van der Waals surface area contributed by atoms with Crippen LogP contribution in [0.4, 0.5) is 4.79 Å². The van der Waals surface area contributed by atoms with Gasteiger partial charge in [-0.05, 0) is 30.5 Å². The second kappa shape index (κ2) is 4.06. The smallest absolute Gasteiger partial charge is 0.405 e. The van der Waals surface area contributed by atoms with E-state index in [0.717, 1.165) is 18.4 Å². The van der Waals surface area contributed by atoms with Gasteiger partial charge in [-0.25, -0.2) is 10.6 Å². The first-order valence-electron chi connectivity index (χ1n) is 5.20. The molecule has 0 spiro atoms. The van der Waals surface area contributed by atoms with Crippen molar-refractivity contribution in [3.8, 4) is 0 Å². The molecule has 1 fully saturated rings. The van der Waals surface area contributed by atoms with Gasteiger partial charge in [0.05, 0.1) is 5.54 Å². The van der Waals surface area contributed by atoms with E-state index in [1.807, 2.05) is 5.43 Å². The third-order valence-electron chi connectivity index (χ3n) is 2.93. The summed E-state index contributed by atoms with van der Waals surface area (Å²) in [5.74, 6) is 4.65. The van der Waals surface area contributed by atoms with Crippen LogP contribution in [0.2, 0.25) is 0 Å². The number of carboxylic acid groups (broad SMARTS) is 1. The maximum atomic E-state index is 11.2. The fraction of sp³-hybridized carbons (Fsp3) is 0.273. The minimum absolute atomic E-state index is 0.368. The van der Waals surface area contributed by atoms with Crippen molar-refractivity contribution < 1.29 is 14.7 Å². The van der Waals surface area contributed by atoms with Crippen molar-refractivity contribution in [2.45, 2.75) is 18.4 Å². The highest BCUT2D eigenvalue weighted by Gasteiger charge is 2.45. The molecule has 0 aromatic heterocycles. The molecule has 1 aromatic carbocycles. The van der Waals surface area contributed by atoms with Crippen molar-refractivity contribution in [2.75, 3.05) is 0 Å². The first-order chi connectivity index (χ1) is 8.07. The van der Waals surface area contributed by atoms with Gasteiger partial charge >= 0.3 is 6.09 Å². The Bertz CT molecular complexity index is 452. The molecular formula is C11H13N3O3. The van der Waals surface area contributed by atoms with Crippen LogP contribution in [-0.2, 0) is 5.54 Å². The summed E-state index contributed by atoms with van der Waals surface area (Å²) in [4.78, 5) is 21.9. The summed E-state index contributed by atoms with van der Waals surface area (Å²) in [6.07, 6.45) is 0.523. The molecule has 0 heterocycles. The highest BCUT2D eigenvalue weighted by atomic mass is 16.4. The van der Waals surface area contributed by atoms with Crippen LogP contribution < -0.4 is 16.6 Å². The largest absolute Gasteiger partial charge is 0.465 e. The Labute approximate surface area is 97.8 Å². The first-order valence-corrected chi connectivity index (χ1v) is 5.20. The van der Waals surface area contributed by atoms with E-state index in [4.69, 9.17) is 10.9 Å². The van der Waals surface area contributed by atoms with Crippen molar-refractivity contribution in [3.05, 3.63) is 35.4 Å². The third kappa shape index (κ3) is 2.21. The van der Waals surface area contributed by atoms with Crippen LogP contribution in [0.3, 0.4) is 0 Å². The second-order valence-corrected chi connectivity index (χ2v) is 4.06. The predicted octanol–water partition coefficient (Wildman–Crippen LogP) is 0.547. The second-order valence-electron chi connectivity index (χ2n) is 4.06. The number of hydrogen-bond acceptors (Lipinski definition) is 3. The van der Waals surface area contributed by atoms with Gasteiger partial charge in [-0.1, -0.05) is 12.1 Å². The van der Waals surface area contributed by atoms with Crippen molar-refractivity contribution in [2.24, 2.45) is 5.84 Å². The number of amides is 2. The molecule has 1 aromatic rings. The van der Waals surface area contributed by atoms with Gasteiger partial charge in [0.15, 0.2) is 0 Å². The van der Waals surface area contributed by atoms with E-state index in [0.29, 0.717) is 5.56 Å². The van der Waals surface area contributed by atoms with Gasteiger partial charge in [0.25, 0.3) is 5.91 Å². The van der Waals surface area contributed by atoms with E-state index in [-0.39, 0.29) is 5.91 Å². The van der Waals surface area contributed by atoms with Gasteiger partial charge in [0, 0.05) is 5.56 Å². The van der Waals surface area contributed by atoms with E-state index in [9.17, 15) is 9.59 Å². The lowest BCUT2D eigenvalue weighted by Crippen LogP contribution is -2.33. The molecule has 1 aliphatic rings. The van der Waals surface area contributed by atoms with Gasteiger partial charge in [0.1, 0.15) is 0 Å². The van der Waals surface area contributed by atoms with Crippen molar-refractivity contribution in [3.63, 3.8) is 0 Å². The number of hydrazine groups is 1. The Hall–Kier alpha value is -2.08. The zero-order valence-corrected chi connectivity index (χ0v) is 9.06. The number of carbonyl (C=O) groups excluding carboxylic acids is 1. The Balaban J connectivity index is 2.18. The highest BCUT2D eigenvalue weighted by molar-refractivity contribution is 5.93. The van der Waals surface area contributed by atoms with Crippen LogP contribution in [0.25, 0.3) is 0 Å². The summed E-state index contributed by atoms with van der Waals surface area (Å²) in [6, 6.07) is 6.74. The van der Waals surface area contributed by atoms with E-state index in [1.165, 1.54) is 0 Å². The average molecular weight is 235 g/mol. The lowest BCUT2D eigenvalue weighted by Gasteiger charge is -2.15. The minimum Gasteiger partial charge on any atom is -0.465 e. The Morgan fingerprint density at radius 3 is 2.24 bits per heavy atom. The molecule has 0 bridgehead atoms. The maximum absolute atomic E-state index is 11.2. The van der Waals surface area contributed by atoms with Crippen LogP contribution in [0, 0.1) is 0 Å². The monoisotopic (exact) mass is 235 g/mol. The SMILES string of the molecule is NNC(=O)c1ccc(C2(NC(=O)O)CC2)cc1. The quantitative estimate of drug-likeness (QED) is 0.349. The van der Waals surface area contributed by atoms with Crippen molar-refractivity contribution >= 4 is 12.0 Å². The van der Waals surface area contributed by atoms with Gasteiger partial charge in [-0.15, -0.1) is 0 Å². The summed E-state index contributed by atoms with van der Waals surface area (Å²) in [7, 11) is 0. The summed E-state index contributed by atoms with van der Waals surface area (Å²) in [5, 5.41) is 11.2. The Kier molecular flexibility index (Phi) is 2.72. The number of carbonyl (C=O) groups is 2. The molecule has 0 atom stereocenters. The summed E-state index contributed by atoms with van der Waals surface area (Å²) in [6.45, 7) is 0. The molecule has 2 amide bonds. The fourth-order valence-corrected chi connectivity index (χ4v) is 1.84. The number of rotatable bonds is 3. The Morgan fingerprint density at radius 2 is 1.82 bits per heavy atom. The molecule has 5 N–H and O–H groups in total. The summed E-state index contributed by atoms with van der Waals surface area (Å²) >= 11 is 0. The predicted molar refractivity (Wildman–Crippen MR) is 60.2 cm³/mol. The van der Waals surface area contributed by atoms with E-state index < -0.39 is 11.6 Å². The molecule has 0 unspecified atom stereocenters. The zero-order chi connectivity index (χ0) is 12.5. The number of nitrogens with two attached hydrogens (primary N) is 1. The van der Waals surface area contributed by atoms with Crippen molar-refractivity contribution in [1.82, 2.24) is 10.7 Å². The molecule has 6 heteroatoms. The average Bonchev–Trinajstić information content (AvgIpc) is 3.08. The van der Waals surface area contributed by atoms with Crippen LogP contribution in [0.15, 0.2) is 24.3 Å². The molecule has 90 valence electrons. The molecule has 0 saturated heterocycles. The lowest BCUT2D eigenvalue weighted by molar-refractivity contribution is 0.0953. The zero-order valence-electron chi connectivity index (χ0n) is 9.06. The maximum Gasteiger partial charge on any atom is 0.405 e. The molecule has 1 saturated carbocycles. The molecular weight excluding hydrogens is 222 g/mol. The number of benzene rings is 1. The van der Waals surface area contributed by atoms with Gasteiger partial charge < -0.3 is 10.4 Å². The van der Waals surface area contributed by atoms with Crippen LogP contribution >= 0.6 is 0 Å². The third-order valence-corrected chi connectivity index (χ3v) is 2.93. The van der Waals surface area contributed by atoms with E-state index in [2.05, 4.69) is 5.32 Å². The molecule has 2 rings (SSSR count). The van der Waals surface area contributed by atoms with Crippen LogP contribution in [-0.4, -0.2) is 17.1 Å². The molecule has 0 aliphatic heterocycles. The fourth-order valence-electron chi connectivity index (χ4n) is 1.84. The highest BCUT2D eigenvalue weighted by Crippen LogP contribution is 2.45. The standard InChI is InChI=1S/C11H13N3O3/c12-14-9(15)7-1-3-8(4-2-7)11(5-6-11)13-10(16)17/h1-4,13H,5-6,12H2,(H,14,15)(H,16,17). The van der Waals surface area contributed by atoms with Crippen LogP contribution in [0.5, 0.6) is 0 Å². The molecule has 6 nitrogen and oxygen atoms in total. The van der Waals surface area contributed by atoms with Gasteiger partial charge in [-0.3, -0.25) is 10.2 Å². The summed E-state index contributed by atoms with van der Waals surface area (Å²) in [5.41, 5.74) is 2.89. The normalized spacial score (nSPS) is 16.1. The number of nitrogens with one attached hydrogen (secondary N) is 2. The van der Waals surface area contributed by atoms with Gasteiger partial charge in [0.2, 0.25) is 0 Å². The Morgan fingerprint density at radius 1 is 1.24 bits per heavy atom. The topological polar surface area (TPSA) is 104 Å². The van der Waals surface area contributed by atoms with Gasteiger partial charge in [-0.2, -0.15) is 0 Å². The molecule has 0 radical (unpaired) electrons. The molecule has 17 heavy (non-hydrogen) atoms.